The van der Waals surface area contributed by atoms with Crippen LogP contribution in [0.15, 0.2) is 12.4 Å². The van der Waals surface area contributed by atoms with Gasteiger partial charge in [0.25, 0.3) is 0 Å². The molecule has 0 aliphatic carbocycles. The number of ether oxygens (including phenoxy) is 1. The Morgan fingerprint density at radius 2 is 2.50 bits per heavy atom. The van der Waals surface area contributed by atoms with Crippen molar-refractivity contribution in [3.05, 3.63) is 12.4 Å². The molecule has 0 fully saturated rings. The van der Waals surface area contributed by atoms with E-state index >= 15 is 0 Å². The van der Waals surface area contributed by atoms with Crippen molar-refractivity contribution >= 4 is 5.91 Å². The number of hydrogen-bond acceptors (Lipinski definition) is 4. The molecule has 78 valence electrons. The Kier molecular flexibility index (Phi) is 4.06. The summed E-state index contributed by atoms with van der Waals surface area (Å²) in [5.41, 5.74) is 0. The van der Waals surface area contributed by atoms with Crippen LogP contribution in [-0.4, -0.2) is 40.7 Å². The minimum absolute atomic E-state index is 0.118. The van der Waals surface area contributed by atoms with Gasteiger partial charge in [-0.1, -0.05) is 5.21 Å². The average molecular weight is 198 g/mol. The van der Waals surface area contributed by atoms with E-state index in [9.17, 15) is 4.79 Å². The standard InChI is InChI=1S/C8H14N4O2/c1-7(14-2)8(13)9-3-5-12-6-4-10-11-12/h4,6-7H,3,5H2,1-2H3,(H,9,13). The molecule has 0 aliphatic rings. The lowest BCUT2D eigenvalue weighted by molar-refractivity contribution is -0.130. The third-order valence-corrected chi connectivity index (χ3v) is 1.83. The first-order valence-electron chi connectivity index (χ1n) is 4.38. The van der Waals surface area contributed by atoms with E-state index in [1.807, 2.05) is 0 Å². The molecule has 0 spiro atoms. The molecule has 14 heavy (non-hydrogen) atoms. The molecular weight excluding hydrogens is 184 g/mol. The smallest absolute Gasteiger partial charge is 0.248 e. The lowest BCUT2D eigenvalue weighted by atomic mass is 10.4. The number of rotatable bonds is 5. The average Bonchev–Trinajstić information content (AvgIpc) is 2.69. The zero-order valence-electron chi connectivity index (χ0n) is 8.30. The number of amides is 1. The molecule has 1 unspecified atom stereocenters. The van der Waals surface area contributed by atoms with Crippen LogP contribution in [0.25, 0.3) is 0 Å². The maximum atomic E-state index is 11.2. The Hall–Kier alpha value is -1.43. The predicted molar refractivity (Wildman–Crippen MR) is 49.5 cm³/mol. The Bertz CT molecular complexity index is 273. The maximum Gasteiger partial charge on any atom is 0.248 e. The molecule has 1 aromatic heterocycles. The molecule has 0 radical (unpaired) electrons. The largest absolute Gasteiger partial charge is 0.372 e. The van der Waals surface area contributed by atoms with Gasteiger partial charge in [-0.05, 0) is 6.92 Å². The molecular formula is C8H14N4O2. The fourth-order valence-electron chi connectivity index (χ4n) is 0.896. The van der Waals surface area contributed by atoms with E-state index in [4.69, 9.17) is 4.74 Å². The van der Waals surface area contributed by atoms with Gasteiger partial charge in [0.2, 0.25) is 5.91 Å². The lowest BCUT2D eigenvalue weighted by Crippen LogP contribution is -2.35. The summed E-state index contributed by atoms with van der Waals surface area (Å²) in [5.74, 6) is -0.118. The van der Waals surface area contributed by atoms with Gasteiger partial charge in [-0.2, -0.15) is 0 Å². The molecule has 6 heteroatoms. The van der Waals surface area contributed by atoms with E-state index in [1.165, 1.54) is 7.11 Å². The molecule has 1 aromatic rings. The van der Waals surface area contributed by atoms with Gasteiger partial charge in [-0.25, -0.2) is 0 Å². The van der Waals surface area contributed by atoms with Crippen LogP contribution in [0, 0.1) is 0 Å². The summed E-state index contributed by atoms with van der Waals surface area (Å²) in [7, 11) is 1.50. The fraction of sp³-hybridized carbons (Fsp3) is 0.625. The van der Waals surface area contributed by atoms with Crippen molar-refractivity contribution in [2.45, 2.75) is 19.6 Å². The Labute approximate surface area is 82.2 Å². The number of aromatic nitrogens is 3. The summed E-state index contributed by atoms with van der Waals surface area (Å²) in [4.78, 5) is 11.2. The molecule has 1 atom stereocenters. The SMILES string of the molecule is COC(C)C(=O)NCCn1ccnn1. The second-order valence-electron chi connectivity index (χ2n) is 2.84. The van der Waals surface area contributed by atoms with Crippen LogP contribution in [0.5, 0.6) is 0 Å². The minimum atomic E-state index is -0.411. The van der Waals surface area contributed by atoms with E-state index in [1.54, 1.807) is 24.0 Å². The summed E-state index contributed by atoms with van der Waals surface area (Å²) in [6.45, 7) is 2.84. The molecule has 6 nitrogen and oxygen atoms in total. The monoisotopic (exact) mass is 198 g/mol. The molecule has 1 amide bonds. The van der Waals surface area contributed by atoms with Crippen LogP contribution < -0.4 is 5.32 Å². The predicted octanol–water partition coefficient (Wildman–Crippen LogP) is -0.571. The van der Waals surface area contributed by atoms with E-state index in [0.717, 1.165) is 0 Å². The van der Waals surface area contributed by atoms with Crippen molar-refractivity contribution in [2.24, 2.45) is 0 Å². The third kappa shape index (κ3) is 3.14. The van der Waals surface area contributed by atoms with Crippen LogP contribution in [-0.2, 0) is 16.1 Å². The van der Waals surface area contributed by atoms with Crippen LogP contribution in [0.3, 0.4) is 0 Å². The van der Waals surface area contributed by atoms with E-state index in [0.29, 0.717) is 13.1 Å². The Balaban J connectivity index is 2.18. The number of nitrogens with zero attached hydrogens (tertiary/aromatic N) is 3. The highest BCUT2D eigenvalue weighted by atomic mass is 16.5. The maximum absolute atomic E-state index is 11.2. The highest BCUT2D eigenvalue weighted by Crippen LogP contribution is 1.86. The molecule has 0 saturated carbocycles. The first-order chi connectivity index (χ1) is 6.74. The molecule has 0 aliphatic heterocycles. The molecule has 0 aromatic carbocycles. The normalized spacial score (nSPS) is 12.4. The molecule has 1 N–H and O–H groups in total. The summed E-state index contributed by atoms with van der Waals surface area (Å²) in [6, 6.07) is 0. The highest BCUT2D eigenvalue weighted by Gasteiger charge is 2.09. The zero-order chi connectivity index (χ0) is 10.4. The zero-order valence-corrected chi connectivity index (χ0v) is 8.30. The summed E-state index contributed by atoms with van der Waals surface area (Å²) < 4.78 is 6.50. The van der Waals surface area contributed by atoms with Gasteiger partial charge in [0.1, 0.15) is 6.10 Å². The van der Waals surface area contributed by atoms with Gasteiger partial charge in [-0.3, -0.25) is 9.48 Å². The van der Waals surface area contributed by atoms with Gasteiger partial charge >= 0.3 is 0 Å². The molecule has 1 heterocycles. The van der Waals surface area contributed by atoms with Gasteiger partial charge in [-0.15, -0.1) is 5.10 Å². The topological polar surface area (TPSA) is 69.0 Å². The third-order valence-electron chi connectivity index (χ3n) is 1.83. The number of carbonyl (C=O) groups is 1. The second kappa shape index (κ2) is 5.33. The molecule has 0 bridgehead atoms. The lowest BCUT2D eigenvalue weighted by Gasteiger charge is -2.09. The van der Waals surface area contributed by atoms with Crippen molar-refractivity contribution in [3.63, 3.8) is 0 Å². The van der Waals surface area contributed by atoms with Crippen molar-refractivity contribution in [1.82, 2.24) is 20.3 Å². The summed E-state index contributed by atoms with van der Waals surface area (Å²) in [5, 5.41) is 10.1. The van der Waals surface area contributed by atoms with Crippen LogP contribution >= 0.6 is 0 Å². The van der Waals surface area contributed by atoms with Crippen LogP contribution in [0.4, 0.5) is 0 Å². The van der Waals surface area contributed by atoms with E-state index in [2.05, 4.69) is 15.6 Å². The first-order valence-corrected chi connectivity index (χ1v) is 4.38. The quantitative estimate of drug-likeness (QED) is 0.688. The highest BCUT2D eigenvalue weighted by molar-refractivity contribution is 5.80. The summed E-state index contributed by atoms with van der Waals surface area (Å²) in [6.07, 6.45) is 2.93. The van der Waals surface area contributed by atoms with Gasteiger partial charge in [0.15, 0.2) is 0 Å². The van der Waals surface area contributed by atoms with Crippen LogP contribution in [0.1, 0.15) is 6.92 Å². The van der Waals surface area contributed by atoms with Crippen molar-refractivity contribution in [2.75, 3.05) is 13.7 Å². The summed E-state index contributed by atoms with van der Waals surface area (Å²) >= 11 is 0. The second-order valence-corrected chi connectivity index (χ2v) is 2.84. The van der Waals surface area contributed by atoms with Crippen molar-refractivity contribution in [1.29, 1.82) is 0 Å². The Morgan fingerprint density at radius 3 is 3.07 bits per heavy atom. The Morgan fingerprint density at radius 1 is 1.71 bits per heavy atom. The first kappa shape index (κ1) is 10.6. The number of nitrogens with one attached hydrogen (secondary N) is 1. The number of hydrogen-bond donors (Lipinski definition) is 1. The van der Waals surface area contributed by atoms with E-state index < -0.39 is 6.10 Å². The van der Waals surface area contributed by atoms with E-state index in [-0.39, 0.29) is 5.91 Å². The molecule has 1 rings (SSSR count). The molecule has 0 saturated heterocycles. The number of methoxy groups -OCH3 is 1. The van der Waals surface area contributed by atoms with Crippen molar-refractivity contribution < 1.29 is 9.53 Å². The minimum Gasteiger partial charge on any atom is -0.372 e. The van der Waals surface area contributed by atoms with Crippen LogP contribution in [0.2, 0.25) is 0 Å². The van der Waals surface area contributed by atoms with Gasteiger partial charge < -0.3 is 10.1 Å². The van der Waals surface area contributed by atoms with Crippen molar-refractivity contribution in [3.8, 4) is 0 Å². The fourth-order valence-corrected chi connectivity index (χ4v) is 0.896. The van der Waals surface area contributed by atoms with Gasteiger partial charge in [0, 0.05) is 19.9 Å². The van der Waals surface area contributed by atoms with Gasteiger partial charge in [0.05, 0.1) is 12.7 Å². The number of carbonyl (C=O) groups excluding carboxylic acids is 1.